The number of ether oxygens (including phenoxy) is 2. The van der Waals surface area contributed by atoms with E-state index in [0.29, 0.717) is 36.0 Å². The van der Waals surface area contributed by atoms with E-state index in [1.807, 2.05) is 45.0 Å². The summed E-state index contributed by atoms with van der Waals surface area (Å²) in [6, 6.07) is 12.4. The van der Waals surface area contributed by atoms with Crippen LogP contribution in [0.5, 0.6) is 11.5 Å². The Morgan fingerprint density at radius 2 is 1.74 bits per heavy atom. The average Bonchev–Trinajstić information content (AvgIpc) is 2.76. The summed E-state index contributed by atoms with van der Waals surface area (Å²) in [6.45, 7) is 6.88. The molecule has 2 rings (SSSR count). The van der Waals surface area contributed by atoms with Crippen LogP contribution in [0.15, 0.2) is 47.4 Å². The summed E-state index contributed by atoms with van der Waals surface area (Å²) in [7, 11) is -1.93. The molecule has 0 aliphatic rings. The van der Waals surface area contributed by atoms with Gasteiger partial charge in [0.1, 0.15) is 0 Å². The van der Waals surface area contributed by atoms with Gasteiger partial charge in [-0.05, 0) is 42.3 Å². The summed E-state index contributed by atoms with van der Waals surface area (Å²) in [5.74, 6) is 0.403. The van der Waals surface area contributed by atoms with Gasteiger partial charge in [0.05, 0.1) is 12.0 Å². The Morgan fingerprint density at radius 1 is 1.10 bits per heavy atom. The number of nitrogens with one attached hydrogen (secondary N) is 1. The van der Waals surface area contributed by atoms with Crippen LogP contribution in [-0.2, 0) is 21.4 Å². The molecule has 1 atom stereocenters. The lowest BCUT2D eigenvalue weighted by atomic mass is 10.1. The van der Waals surface area contributed by atoms with Crippen LogP contribution in [0.3, 0.4) is 0 Å². The molecule has 0 spiro atoms. The van der Waals surface area contributed by atoms with Gasteiger partial charge in [0, 0.05) is 25.7 Å². The maximum atomic E-state index is 12.6. The van der Waals surface area contributed by atoms with Crippen molar-refractivity contribution in [1.82, 2.24) is 9.62 Å². The molecular weight excluding hydrogens is 418 g/mol. The Hall–Kier alpha value is -2.62. The van der Waals surface area contributed by atoms with Crippen molar-refractivity contribution in [3.05, 3.63) is 53.6 Å². The summed E-state index contributed by atoms with van der Waals surface area (Å²) < 4.78 is 37.3. The summed E-state index contributed by atoms with van der Waals surface area (Å²) in [5.41, 5.74) is 7.06. The van der Waals surface area contributed by atoms with Gasteiger partial charge in [-0.15, -0.1) is 0 Å². The monoisotopic (exact) mass is 449 g/mol. The molecule has 0 radical (unpaired) electrons. The molecule has 1 amide bonds. The maximum Gasteiger partial charge on any atom is 0.255 e. The van der Waals surface area contributed by atoms with E-state index in [0.717, 1.165) is 11.1 Å². The molecule has 0 aliphatic carbocycles. The Kier molecular flexibility index (Phi) is 8.85. The minimum atomic E-state index is -3.46. The summed E-state index contributed by atoms with van der Waals surface area (Å²) in [5, 5.41) is 3.41. The predicted molar refractivity (Wildman–Crippen MR) is 119 cm³/mol. The lowest BCUT2D eigenvalue weighted by molar-refractivity contribution is -0.119. The number of amides is 1. The van der Waals surface area contributed by atoms with Crippen molar-refractivity contribution < 1.29 is 22.7 Å². The standard InChI is InChI=1S/C22H31N3O5S/c1-5-25(6-2)31(27,28)19-10-8-18(9-11-19)16(3)24-14-17-7-12-20(21(13-17)29-4)30-15-22(23)26/h7-13,16,24H,5-6,14-15H2,1-4H3,(H2,23,26)/t16-/m0/s1. The van der Waals surface area contributed by atoms with Gasteiger partial charge < -0.3 is 20.5 Å². The first kappa shape index (κ1) is 24.6. The molecule has 0 saturated heterocycles. The van der Waals surface area contributed by atoms with Crippen molar-refractivity contribution in [2.75, 3.05) is 26.8 Å². The molecule has 170 valence electrons. The van der Waals surface area contributed by atoms with Crippen molar-refractivity contribution in [2.24, 2.45) is 5.73 Å². The molecule has 0 unspecified atom stereocenters. The number of sulfonamides is 1. The fraction of sp³-hybridized carbons (Fsp3) is 0.409. The number of carbonyl (C=O) groups is 1. The fourth-order valence-corrected chi connectivity index (χ4v) is 4.58. The largest absolute Gasteiger partial charge is 0.493 e. The minimum Gasteiger partial charge on any atom is -0.493 e. The second kappa shape index (κ2) is 11.1. The van der Waals surface area contributed by atoms with Crippen LogP contribution in [0, 0.1) is 0 Å². The Balaban J connectivity index is 2.04. The summed E-state index contributed by atoms with van der Waals surface area (Å²) in [4.78, 5) is 11.2. The van der Waals surface area contributed by atoms with E-state index in [9.17, 15) is 13.2 Å². The molecule has 2 aromatic carbocycles. The normalized spacial score (nSPS) is 12.5. The molecule has 0 saturated carbocycles. The highest BCUT2D eigenvalue weighted by molar-refractivity contribution is 7.89. The van der Waals surface area contributed by atoms with Gasteiger partial charge in [0.2, 0.25) is 10.0 Å². The number of nitrogens with two attached hydrogens (primary N) is 1. The molecule has 0 bridgehead atoms. The van der Waals surface area contributed by atoms with Gasteiger partial charge in [-0.1, -0.05) is 32.0 Å². The van der Waals surface area contributed by atoms with Gasteiger partial charge in [0.15, 0.2) is 18.1 Å². The number of hydrogen-bond acceptors (Lipinski definition) is 6. The molecule has 0 aliphatic heterocycles. The molecule has 0 heterocycles. The summed E-state index contributed by atoms with van der Waals surface area (Å²) in [6.07, 6.45) is 0. The smallest absolute Gasteiger partial charge is 0.255 e. The predicted octanol–water partition coefficient (Wildman–Crippen LogP) is 2.44. The van der Waals surface area contributed by atoms with Crippen LogP contribution in [0.4, 0.5) is 0 Å². The molecule has 3 N–H and O–H groups in total. The molecule has 0 fully saturated rings. The first-order valence-corrected chi connectivity index (χ1v) is 11.6. The van der Waals surface area contributed by atoms with Crippen molar-refractivity contribution in [1.29, 1.82) is 0 Å². The Labute approximate surface area is 184 Å². The van der Waals surface area contributed by atoms with Crippen LogP contribution >= 0.6 is 0 Å². The average molecular weight is 450 g/mol. The highest BCUT2D eigenvalue weighted by Gasteiger charge is 2.21. The van der Waals surface area contributed by atoms with E-state index < -0.39 is 15.9 Å². The number of primary amides is 1. The molecule has 2 aromatic rings. The van der Waals surface area contributed by atoms with Crippen LogP contribution in [0.2, 0.25) is 0 Å². The Morgan fingerprint density at radius 3 is 2.29 bits per heavy atom. The first-order chi connectivity index (χ1) is 14.7. The lowest BCUT2D eigenvalue weighted by Crippen LogP contribution is -2.30. The third kappa shape index (κ3) is 6.43. The van der Waals surface area contributed by atoms with Gasteiger partial charge in [-0.25, -0.2) is 8.42 Å². The SMILES string of the molecule is CCN(CC)S(=O)(=O)c1ccc([C@H](C)NCc2ccc(OCC(N)=O)c(OC)c2)cc1. The van der Waals surface area contributed by atoms with E-state index in [1.165, 1.54) is 11.4 Å². The number of rotatable bonds is 12. The highest BCUT2D eigenvalue weighted by atomic mass is 32.2. The molecule has 9 heteroatoms. The fourth-order valence-electron chi connectivity index (χ4n) is 3.12. The van der Waals surface area contributed by atoms with Crippen LogP contribution < -0.4 is 20.5 Å². The number of methoxy groups -OCH3 is 1. The van der Waals surface area contributed by atoms with E-state index in [-0.39, 0.29) is 12.6 Å². The van der Waals surface area contributed by atoms with Crippen molar-refractivity contribution in [2.45, 2.75) is 38.3 Å². The molecule has 0 aromatic heterocycles. The zero-order valence-electron chi connectivity index (χ0n) is 18.4. The van der Waals surface area contributed by atoms with Crippen molar-refractivity contribution in [3.8, 4) is 11.5 Å². The van der Waals surface area contributed by atoms with E-state index >= 15 is 0 Å². The molecule has 31 heavy (non-hydrogen) atoms. The van der Waals surface area contributed by atoms with Gasteiger partial charge >= 0.3 is 0 Å². The van der Waals surface area contributed by atoms with Crippen LogP contribution in [0.25, 0.3) is 0 Å². The maximum absolute atomic E-state index is 12.6. The topological polar surface area (TPSA) is 111 Å². The second-order valence-corrected chi connectivity index (χ2v) is 8.94. The van der Waals surface area contributed by atoms with Crippen molar-refractivity contribution >= 4 is 15.9 Å². The highest BCUT2D eigenvalue weighted by Crippen LogP contribution is 2.28. The van der Waals surface area contributed by atoms with E-state index in [4.69, 9.17) is 15.2 Å². The minimum absolute atomic E-state index is 0.00184. The zero-order valence-corrected chi connectivity index (χ0v) is 19.2. The third-order valence-electron chi connectivity index (χ3n) is 4.93. The number of nitrogens with zero attached hydrogens (tertiary/aromatic N) is 1. The summed E-state index contributed by atoms with van der Waals surface area (Å²) >= 11 is 0. The molecular formula is C22H31N3O5S. The Bertz CT molecular complexity index is 973. The quantitative estimate of drug-likeness (QED) is 0.515. The van der Waals surface area contributed by atoms with Crippen LogP contribution in [-0.4, -0.2) is 45.4 Å². The zero-order chi connectivity index (χ0) is 23.0. The molecule has 8 nitrogen and oxygen atoms in total. The number of benzene rings is 2. The third-order valence-corrected chi connectivity index (χ3v) is 7.00. The number of carbonyl (C=O) groups excluding carboxylic acids is 1. The number of hydrogen-bond donors (Lipinski definition) is 2. The van der Waals surface area contributed by atoms with Gasteiger partial charge in [0.25, 0.3) is 5.91 Å². The second-order valence-electron chi connectivity index (χ2n) is 7.00. The van der Waals surface area contributed by atoms with Crippen LogP contribution in [0.1, 0.15) is 37.9 Å². The van der Waals surface area contributed by atoms with Crippen molar-refractivity contribution in [3.63, 3.8) is 0 Å². The van der Waals surface area contributed by atoms with E-state index in [2.05, 4.69) is 5.32 Å². The van der Waals surface area contributed by atoms with E-state index in [1.54, 1.807) is 18.2 Å². The van der Waals surface area contributed by atoms with Gasteiger partial charge in [-0.2, -0.15) is 4.31 Å². The van der Waals surface area contributed by atoms with Gasteiger partial charge in [-0.3, -0.25) is 4.79 Å². The first-order valence-electron chi connectivity index (χ1n) is 10.1. The lowest BCUT2D eigenvalue weighted by Gasteiger charge is -2.19.